The number of rotatable bonds is 16. The van der Waals surface area contributed by atoms with Gasteiger partial charge in [-0.15, -0.1) is 0 Å². The average molecular weight is 525 g/mol. The van der Waals surface area contributed by atoms with Gasteiger partial charge in [-0.3, -0.25) is 0 Å². The first-order chi connectivity index (χ1) is 16.5. The van der Waals surface area contributed by atoms with Crippen molar-refractivity contribution in [2.45, 2.75) is 62.9 Å². The van der Waals surface area contributed by atoms with Crippen molar-refractivity contribution in [2.75, 3.05) is 33.2 Å². The van der Waals surface area contributed by atoms with Gasteiger partial charge in [-0.2, -0.15) is 37.9 Å². The molecule has 0 bridgehead atoms. The van der Waals surface area contributed by atoms with E-state index in [1.54, 1.807) is 14.2 Å². The summed E-state index contributed by atoms with van der Waals surface area (Å²) < 4.78 is 24.2. The van der Waals surface area contributed by atoms with Crippen LogP contribution in [-0.2, 0) is 6.42 Å². The summed E-state index contributed by atoms with van der Waals surface area (Å²) in [6.45, 7) is 5.38. The van der Waals surface area contributed by atoms with Crippen LogP contribution in [0.3, 0.4) is 0 Å². The van der Waals surface area contributed by atoms with Gasteiger partial charge in [0.05, 0.1) is 27.4 Å². The monoisotopic (exact) mass is 524 g/mol. The molecule has 190 valence electrons. The van der Waals surface area contributed by atoms with E-state index in [4.69, 9.17) is 18.9 Å². The molecular formula is C27H40O4S3. The summed E-state index contributed by atoms with van der Waals surface area (Å²) in [7, 11) is 3.36. The summed E-state index contributed by atoms with van der Waals surface area (Å²) in [5.74, 6) is 3.71. The van der Waals surface area contributed by atoms with Crippen molar-refractivity contribution in [3.8, 4) is 34.1 Å². The molecule has 0 saturated heterocycles. The molecule has 0 amide bonds. The van der Waals surface area contributed by atoms with E-state index < -0.39 is 0 Å². The minimum Gasteiger partial charge on any atom is -0.493 e. The highest BCUT2D eigenvalue weighted by Gasteiger charge is 2.22. The Balaban J connectivity index is 2.52. The Morgan fingerprint density at radius 1 is 0.765 bits per heavy atom. The lowest BCUT2D eigenvalue weighted by molar-refractivity contribution is 0.284. The predicted octanol–water partition coefficient (Wildman–Crippen LogP) is 7.19. The fourth-order valence-corrected chi connectivity index (χ4v) is 4.06. The molecule has 0 spiro atoms. The van der Waals surface area contributed by atoms with Gasteiger partial charge in [0.15, 0.2) is 23.0 Å². The molecule has 2 rings (SSSR count). The zero-order chi connectivity index (χ0) is 24.9. The highest BCUT2D eigenvalue weighted by atomic mass is 32.1. The number of thiol groups is 3. The van der Waals surface area contributed by atoms with Crippen molar-refractivity contribution in [2.24, 2.45) is 0 Å². The van der Waals surface area contributed by atoms with Gasteiger partial charge in [0.2, 0.25) is 0 Å². The summed E-state index contributed by atoms with van der Waals surface area (Å²) in [5.41, 5.74) is 2.95. The molecule has 0 aliphatic rings. The third-order valence-electron chi connectivity index (χ3n) is 5.83. The maximum atomic E-state index is 6.39. The second-order valence-corrected chi connectivity index (χ2v) is 10.1. The van der Waals surface area contributed by atoms with Crippen LogP contribution in [0, 0.1) is 0 Å². The molecule has 7 heteroatoms. The Morgan fingerprint density at radius 3 is 1.94 bits per heavy atom. The number of benzene rings is 2. The molecule has 0 N–H and O–H groups in total. The van der Waals surface area contributed by atoms with E-state index in [1.165, 1.54) is 0 Å². The normalized spacial score (nSPS) is 12.8. The van der Waals surface area contributed by atoms with E-state index in [2.05, 4.69) is 63.9 Å². The molecule has 0 radical (unpaired) electrons. The quantitative estimate of drug-likeness (QED) is 0.203. The Kier molecular flexibility index (Phi) is 13.3. The molecule has 0 aliphatic heterocycles. The standard InChI is InChI=1S/C27H40O4S3/c1-5-20(33)14-16-30-26-22(10-7-11-24(26)28-3)23-13-12-19(9-8-18-32)25(29-4)27(23)31-17-15-21(34)6-2/h7,10-13,20-21,32-34H,5-6,8-9,14-18H2,1-4H3. The molecule has 0 aliphatic carbocycles. The molecule has 2 atom stereocenters. The summed E-state index contributed by atoms with van der Waals surface area (Å²) in [6, 6.07) is 10.1. The average Bonchev–Trinajstić information content (AvgIpc) is 2.87. The molecule has 0 heterocycles. The smallest absolute Gasteiger partial charge is 0.169 e. The van der Waals surface area contributed by atoms with Crippen LogP contribution in [-0.4, -0.2) is 43.7 Å². The van der Waals surface area contributed by atoms with E-state index in [0.29, 0.717) is 35.2 Å². The van der Waals surface area contributed by atoms with Crippen molar-refractivity contribution >= 4 is 37.9 Å². The lowest BCUT2D eigenvalue weighted by atomic mass is 9.98. The van der Waals surface area contributed by atoms with Gasteiger partial charge >= 0.3 is 0 Å². The Hall–Kier alpha value is -1.31. The number of hydrogen-bond donors (Lipinski definition) is 3. The fourth-order valence-electron chi connectivity index (χ4n) is 3.69. The molecule has 4 nitrogen and oxygen atoms in total. The third-order valence-corrected chi connectivity index (χ3v) is 7.39. The second kappa shape index (κ2) is 15.6. The minimum atomic E-state index is 0.297. The van der Waals surface area contributed by atoms with Crippen LogP contribution >= 0.6 is 37.9 Å². The second-order valence-electron chi connectivity index (χ2n) is 8.20. The zero-order valence-corrected chi connectivity index (χ0v) is 23.6. The van der Waals surface area contributed by atoms with Gasteiger partial charge in [-0.05, 0) is 62.0 Å². The first kappa shape index (κ1) is 28.9. The number of ether oxygens (including phenoxy) is 4. The topological polar surface area (TPSA) is 36.9 Å². The Labute approximate surface area is 222 Å². The van der Waals surface area contributed by atoms with E-state index in [1.807, 2.05) is 18.2 Å². The highest BCUT2D eigenvalue weighted by molar-refractivity contribution is 7.81. The molecule has 0 fully saturated rings. The van der Waals surface area contributed by atoms with Crippen molar-refractivity contribution < 1.29 is 18.9 Å². The lowest BCUT2D eigenvalue weighted by Gasteiger charge is -2.22. The van der Waals surface area contributed by atoms with Crippen molar-refractivity contribution in [1.29, 1.82) is 0 Å². The predicted molar refractivity (Wildman–Crippen MR) is 154 cm³/mol. The largest absolute Gasteiger partial charge is 0.493 e. The number of methoxy groups -OCH3 is 2. The van der Waals surface area contributed by atoms with Crippen LogP contribution < -0.4 is 18.9 Å². The first-order valence-corrected chi connectivity index (χ1v) is 13.8. The summed E-state index contributed by atoms with van der Waals surface area (Å²) in [4.78, 5) is 0. The molecule has 34 heavy (non-hydrogen) atoms. The molecule has 2 unspecified atom stereocenters. The minimum absolute atomic E-state index is 0.297. The summed E-state index contributed by atoms with van der Waals surface area (Å²) in [6.07, 6.45) is 5.53. The lowest BCUT2D eigenvalue weighted by Crippen LogP contribution is -2.09. The van der Waals surface area contributed by atoms with Crippen LogP contribution in [0.5, 0.6) is 23.0 Å². The maximum Gasteiger partial charge on any atom is 0.169 e. The van der Waals surface area contributed by atoms with Crippen LogP contribution in [0.2, 0.25) is 0 Å². The van der Waals surface area contributed by atoms with Crippen LogP contribution in [0.25, 0.3) is 11.1 Å². The highest BCUT2D eigenvalue weighted by Crippen LogP contribution is 2.47. The molecular weight excluding hydrogens is 484 g/mol. The van der Waals surface area contributed by atoms with Crippen molar-refractivity contribution in [3.63, 3.8) is 0 Å². The summed E-state index contributed by atoms with van der Waals surface area (Å²) in [5, 5.41) is 0.598. The van der Waals surface area contributed by atoms with Crippen LogP contribution in [0.15, 0.2) is 30.3 Å². The molecule has 0 saturated carbocycles. The number of hydrogen-bond acceptors (Lipinski definition) is 7. The number of aryl methyl sites for hydroxylation is 1. The van der Waals surface area contributed by atoms with Gasteiger partial charge in [0, 0.05) is 21.6 Å². The SMILES string of the molecule is CCC(S)CCOc1c(OC)cccc1-c1ccc(CCCS)c(OC)c1OCCC(S)CC. The van der Waals surface area contributed by atoms with Gasteiger partial charge < -0.3 is 18.9 Å². The first-order valence-electron chi connectivity index (χ1n) is 12.1. The van der Waals surface area contributed by atoms with E-state index in [-0.39, 0.29) is 0 Å². The maximum absolute atomic E-state index is 6.39. The van der Waals surface area contributed by atoms with E-state index in [9.17, 15) is 0 Å². The van der Waals surface area contributed by atoms with Crippen LogP contribution in [0.1, 0.15) is 51.5 Å². The van der Waals surface area contributed by atoms with Gasteiger partial charge in [0.1, 0.15) is 0 Å². The molecule has 2 aromatic rings. The molecule has 0 aromatic heterocycles. The van der Waals surface area contributed by atoms with Gasteiger partial charge in [-0.25, -0.2) is 0 Å². The Morgan fingerprint density at radius 2 is 1.38 bits per heavy atom. The van der Waals surface area contributed by atoms with Gasteiger partial charge in [0.25, 0.3) is 0 Å². The fraction of sp³-hybridized carbons (Fsp3) is 0.556. The number of para-hydroxylation sites is 1. The van der Waals surface area contributed by atoms with Crippen molar-refractivity contribution in [1.82, 2.24) is 0 Å². The van der Waals surface area contributed by atoms with Gasteiger partial charge in [-0.1, -0.05) is 32.0 Å². The third kappa shape index (κ3) is 8.13. The molecule has 2 aromatic carbocycles. The van der Waals surface area contributed by atoms with Crippen molar-refractivity contribution in [3.05, 3.63) is 35.9 Å². The van der Waals surface area contributed by atoms with E-state index in [0.717, 1.165) is 72.5 Å². The Bertz CT molecular complexity index is 875. The zero-order valence-electron chi connectivity index (χ0n) is 20.9. The summed E-state index contributed by atoms with van der Waals surface area (Å²) >= 11 is 13.6. The van der Waals surface area contributed by atoms with E-state index >= 15 is 0 Å². The van der Waals surface area contributed by atoms with Crippen LogP contribution in [0.4, 0.5) is 0 Å².